The zero-order valence-electron chi connectivity index (χ0n) is 10.9. The lowest BCUT2D eigenvalue weighted by atomic mass is 10.1. The first-order chi connectivity index (χ1) is 8.61. The van der Waals surface area contributed by atoms with Gasteiger partial charge in [0.1, 0.15) is 5.56 Å². The topological polar surface area (TPSA) is 83.7 Å². The number of nitrogens with zero attached hydrogens (tertiary/aromatic N) is 2. The van der Waals surface area contributed by atoms with Crippen molar-refractivity contribution >= 4 is 23.2 Å². The number of aliphatic hydroxyl groups is 1. The number of hydrogen-bond donors (Lipinski definition) is 1. The van der Waals surface area contributed by atoms with Gasteiger partial charge < -0.3 is 10.0 Å². The van der Waals surface area contributed by atoms with E-state index in [1.54, 1.807) is 13.8 Å². The van der Waals surface area contributed by atoms with Crippen LogP contribution in [0.2, 0.25) is 5.02 Å². The van der Waals surface area contributed by atoms with Crippen molar-refractivity contribution in [2.45, 2.75) is 19.4 Å². The second-order valence-corrected chi connectivity index (χ2v) is 5.33. The summed E-state index contributed by atoms with van der Waals surface area (Å²) >= 11 is 5.68. The number of amides is 1. The van der Waals surface area contributed by atoms with Crippen LogP contribution >= 0.6 is 11.6 Å². The van der Waals surface area contributed by atoms with Crippen LogP contribution in [0.4, 0.5) is 5.69 Å². The van der Waals surface area contributed by atoms with Crippen LogP contribution in [-0.4, -0.2) is 40.0 Å². The summed E-state index contributed by atoms with van der Waals surface area (Å²) in [7, 11) is 1.47. The molecule has 0 aliphatic rings. The van der Waals surface area contributed by atoms with E-state index in [4.69, 9.17) is 11.6 Å². The molecule has 0 saturated heterocycles. The molecule has 104 valence electrons. The summed E-state index contributed by atoms with van der Waals surface area (Å²) in [6.07, 6.45) is 0. The number of halogens is 1. The molecule has 0 unspecified atom stereocenters. The molecule has 0 aliphatic heterocycles. The normalized spacial score (nSPS) is 11.2. The molecule has 0 fully saturated rings. The minimum atomic E-state index is -1.08. The first-order valence-corrected chi connectivity index (χ1v) is 5.91. The Hall–Kier alpha value is -1.66. The average molecular weight is 287 g/mol. The fourth-order valence-electron chi connectivity index (χ4n) is 1.69. The summed E-state index contributed by atoms with van der Waals surface area (Å²) in [6.45, 7) is 3.16. The number of benzene rings is 1. The Kier molecular flexibility index (Phi) is 4.49. The lowest BCUT2D eigenvalue weighted by Gasteiger charge is -2.25. The molecule has 6 nitrogen and oxygen atoms in total. The summed E-state index contributed by atoms with van der Waals surface area (Å²) in [4.78, 5) is 23.6. The molecule has 1 amide bonds. The smallest absolute Gasteiger partial charge is 0.283 e. The first kappa shape index (κ1) is 15.4. The van der Waals surface area contributed by atoms with Gasteiger partial charge in [-0.1, -0.05) is 11.6 Å². The molecule has 0 atom stereocenters. The van der Waals surface area contributed by atoms with Crippen LogP contribution in [-0.2, 0) is 0 Å². The van der Waals surface area contributed by atoms with Gasteiger partial charge in [-0.3, -0.25) is 14.9 Å². The Morgan fingerprint density at radius 3 is 2.58 bits per heavy atom. The van der Waals surface area contributed by atoms with E-state index in [9.17, 15) is 20.0 Å². The number of hydrogen-bond acceptors (Lipinski definition) is 4. The second kappa shape index (κ2) is 5.54. The highest BCUT2D eigenvalue weighted by Crippen LogP contribution is 2.24. The van der Waals surface area contributed by atoms with Gasteiger partial charge in [0.15, 0.2) is 0 Å². The van der Waals surface area contributed by atoms with E-state index in [2.05, 4.69) is 0 Å². The summed E-state index contributed by atoms with van der Waals surface area (Å²) < 4.78 is 0. The van der Waals surface area contributed by atoms with E-state index in [1.165, 1.54) is 24.1 Å². The molecule has 1 rings (SSSR count). The van der Waals surface area contributed by atoms with E-state index in [0.717, 1.165) is 6.07 Å². The molecule has 0 bridgehead atoms. The maximum absolute atomic E-state index is 12.1. The maximum Gasteiger partial charge on any atom is 0.283 e. The highest BCUT2D eigenvalue weighted by Gasteiger charge is 2.26. The number of nitro groups is 1. The molecule has 0 saturated carbocycles. The van der Waals surface area contributed by atoms with Gasteiger partial charge in [-0.25, -0.2) is 0 Å². The van der Waals surface area contributed by atoms with E-state index in [1.807, 2.05) is 0 Å². The zero-order chi connectivity index (χ0) is 14.8. The van der Waals surface area contributed by atoms with Crippen molar-refractivity contribution in [1.82, 2.24) is 4.90 Å². The maximum atomic E-state index is 12.1. The Morgan fingerprint density at radius 2 is 2.11 bits per heavy atom. The number of carbonyl (C=O) groups excluding carboxylic acids is 1. The summed E-state index contributed by atoms with van der Waals surface area (Å²) in [5.41, 5.74) is -1.48. The van der Waals surface area contributed by atoms with E-state index >= 15 is 0 Å². The predicted molar refractivity (Wildman–Crippen MR) is 71.4 cm³/mol. The second-order valence-electron chi connectivity index (χ2n) is 4.89. The van der Waals surface area contributed by atoms with Gasteiger partial charge >= 0.3 is 0 Å². The Labute approximate surface area is 115 Å². The Bertz CT molecular complexity index is 511. The van der Waals surface area contributed by atoms with Gasteiger partial charge in [-0.15, -0.1) is 0 Å². The minimum Gasteiger partial charge on any atom is -0.389 e. The highest BCUT2D eigenvalue weighted by atomic mass is 35.5. The molecule has 0 aliphatic carbocycles. The third kappa shape index (κ3) is 4.18. The molecular formula is C12H15ClN2O4. The van der Waals surface area contributed by atoms with Crippen LogP contribution in [0, 0.1) is 10.1 Å². The number of likely N-dealkylation sites (N-methyl/N-ethyl adjacent to an activating group) is 1. The van der Waals surface area contributed by atoms with Crippen LogP contribution in [0.3, 0.4) is 0 Å². The number of nitro benzene ring substituents is 1. The van der Waals surface area contributed by atoms with Gasteiger partial charge in [0.05, 0.1) is 10.5 Å². The lowest BCUT2D eigenvalue weighted by molar-refractivity contribution is -0.385. The lowest BCUT2D eigenvalue weighted by Crippen LogP contribution is -2.39. The number of rotatable bonds is 4. The van der Waals surface area contributed by atoms with Gasteiger partial charge in [-0.05, 0) is 26.0 Å². The summed E-state index contributed by atoms with van der Waals surface area (Å²) in [6, 6.07) is 3.86. The van der Waals surface area contributed by atoms with E-state index in [-0.39, 0.29) is 22.8 Å². The van der Waals surface area contributed by atoms with Crippen LogP contribution in [0.5, 0.6) is 0 Å². The van der Waals surface area contributed by atoms with Gasteiger partial charge in [0, 0.05) is 24.7 Å². The zero-order valence-corrected chi connectivity index (χ0v) is 11.6. The van der Waals surface area contributed by atoms with Crippen LogP contribution in [0.1, 0.15) is 24.2 Å². The third-order valence-corrected chi connectivity index (χ3v) is 2.59. The van der Waals surface area contributed by atoms with E-state index in [0.29, 0.717) is 0 Å². The Morgan fingerprint density at radius 1 is 1.53 bits per heavy atom. The number of carbonyl (C=O) groups is 1. The van der Waals surface area contributed by atoms with Crippen LogP contribution in [0.15, 0.2) is 18.2 Å². The minimum absolute atomic E-state index is 0.0545. The molecule has 7 heteroatoms. The van der Waals surface area contributed by atoms with Crippen LogP contribution in [0.25, 0.3) is 0 Å². The monoisotopic (exact) mass is 286 g/mol. The van der Waals surface area contributed by atoms with Crippen molar-refractivity contribution in [3.05, 3.63) is 38.9 Å². The van der Waals surface area contributed by atoms with Gasteiger partial charge in [-0.2, -0.15) is 0 Å². The van der Waals surface area contributed by atoms with Crippen molar-refractivity contribution in [1.29, 1.82) is 0 Å². The molecule has 1 aromatic carbocycles. The fraction of sp³-hybridized carbons (Fsp3) is 0.417. The molecule has 0 heterocycles. The standard InChI is InChI=1S/C12H15ClN2O4/c1-12(2,17)7-14(3)11(16)9-5-4-8(13)6-10(9)15(18)19/h4-6,17H,7H2,1-3H3. The van der Waals surface area contributed by atoms with Crippen molar-refractivity contribution in [3.8, 4) is 0 Å². The largest absolute Gasteiger partial charge is 0.389 e. The van der Waals surface area contributed by atoms with Gasteiger partial charge in [0.2, 0.25) is 0 Å². The first-order valence-electron chi connectivity index (χ1n) is 5.53. The van der Waals surface area contributed by atoms with E-state index < -0.39 is 16.4 Å². The molecule has 0 radical (unpaired) electrons. The highest BCUT2D eigenvalue weighted by molar-refractivity contribution is 6.31. The van der Waals surface area contributed by atoms with Crippen molar-refractivity contribution in [2.75, 3.05) is 13.6 Å². The molecule has 19 heavy (non-hydrogen) atoms. The molecule has 0 spiro atoms. The average Bonchev–Trinajstić information content (AvgIpc) is 2.25. The third-order valence-electron chi connectivity index (χ3n) is 2.36. The quantitative estimate of drug-likeness (QED) is 0.678. The van der Waals surface area contributed by atoms with Crippen molar-refractivity contribution < 1.29 is 14.8 Å². The van der Waals surface area contributed by atoms with Crippen molar-refractivity contribution in [2.24, 2.45) is 0 Å². The molecule has 0 aromatic heterocycles. The summed E-state index contributed by atoms with van der Waals surface area (Å²) in [5.74, 6) is -0.537. The van der Waals surface area contributed by atoms with Crippen molar-refractivity contribution in [3.63, 3.8) is 0 Å². The molecule has 1 N–H and O–H groups in total. The fourth-order valence-corrected chi connectivity index (χ4v) is 1.86. The Balaban J connectivity index is 3.09. The summed E-state index contributed by atoms with van der Waals surface area (Å²) in [5, 5.41) is 20.8. The predicted octanol–water partition coefficient (Wildman–Crippen LogP) is 2.09. The molecular weight excluding hydrogens is 272 g/mol. The SMILES string of the molecule is CN(CC(C)(C)O)C(=O)c1ccc(Cl)cc1[N+](=O)[O-]. The van der Waals surface area contributed by atoms with Crippen LogP contribution < -0.4 is 0 Å². The van der Waals surface area contributed by atoms with Gasteiger partial charge in [0.25, 0.3) is 11.6 Å². The molecule has 1 aromatic rings.